The number of carbonyl (C=O) groups excluding carboxylic acids is 1. The Kier molecular flexibility index (Phi) is 4.79. The summed E-state index contributed by atoms with van der Waals surface area (Å²) >= 11 is 1.34. The maximum atomic E-state index is 11.4. The second-order valence-electron chi connectivity index (χ2n) is 5.93. The largest absolute Gasteiger partial charge is 0.492 e. The Morgan fingerprint density at radius 3 is 2.92 bits per heavy atom. The number of nitrogens with one attached hydrogen (secondary N) is 2. The molecule has 0 radical (unpaired) electrons. The van der Waals surface area contributed by atoms with Crippen LogP contribution in [0.2, 0.25) is 0 Å². The summed E-state index contributed by atoms with van der Waals surface area (Å²) in [6.07, 6.45) is 1.28. The lowest BCUT2D eigenvalue weighted by Crippen LogP contribution is -2.19. The zero-order valence-corrected chi connectivity index (χ0v) is 14.9. The van der Waals surface area contributed by atoms with Gasteiger partial charge in [0.1, 0.15) is 12.4 Å². The molecule has 0 atom stereocenters. The third-order valence-corrected chi connectivity index (χ3v) is 4.75. The molecule has 0 unspecified atom stereocenters. The fourth-order valence-electron chi connectivity index (χ4n) is 2.78. The number of ether oxygens (including phenoxy) is 1. The van der Waals surface area contributed by atoms with Gasteiger partial charge in [-0.3, -0.25) is 4.79 Å². The summed E-state index contributed by atoms with van der Waals surface area (Å²) in [6.45, 7) is 1.16. The van der Waals surface area contributed by atoms with Crippen LogP contribution in [0.15, 0.2) is 48.5 Å². The van der Waals surface area contributed by atoms with E-state index < -0.39 is 0 Å². The number of fused-ring (bicyclic) bond motifs is 1. The number of rotatable bonds is 6. The van der Waals surface area contributed by atoms with Crippen LogP contribution in [0.1, 0.15) is 12.0 Å². The van der Waals surface area contributed by atoms with E-state index in [1.807, 2.05) is 48.5 Å². The van der Waals surface area contributed by atoms with Crippen molar-refractivity contribution in [1.29, 1.82) is 0 Å². The second kappa shape index (κ2) is 7.53. The molecule has 2 aromatic carbocycles. The van der Waals surface area contributed by atoms with Crippen LogP contribution in [0.3, 0.4) is 0 Å². The van der Waals surface area contributed by atoms with Gasteiger partial charge < -0.3 is 15.4 Å². The summed E-state index contributed by atoms with van der Waals surface area (Å²) in [5, 5.41) is 6.89. The summed E-state index contributed by atoms with van der Waals surface area (Å²) in [5.74, 6) is 1.61. The molecule has 0 aliphatic carbocycles. The van der Waals surface area contributed by atoms with Gasteiger partial charge in [-0.05, 0) is 30.2 Å². The average Bonchev–Trinajstić information content (AvgIpc) is 3.15. The molecule has 4 rings (SSSR count). The Morgan fingerprint density at radius 1 is 1.15 bits per heavy atom. The predicted octanol–water partition coefficient (Wildman–Crippen LogP) is 3.58. The smallest absolute Gasteiger partial charge is 0.224 e. The van der Waals surface area contributed by atoms with Gasteiger partial charge in [-0.2, -0.15) is 9.36 Å². The number of benzene rings is 2. The van der Waals surface area contributed by atoms with Crippen molar-refractivity contribution in [1.82, 2.24) is 9.36 Å². The van der Waals surface area contributed by atoms with Gasteiger partial charge in [0.05, 0.1) is 6.54 Å². The number of anilines is 2. The van der Waals surface area contributed by atoms with Crippen LogP contribution in [-0.2, 0) is 11.2 Å². The normalized spacial score (nSPS) is 13.0. The highest BCUT2D eigenvalue weighted by Crippen LogP contribution is 2.26. The summed E-state index contributed by atoms with van der Waals surface area (Å²) in [4.78, 5) is 15.9. The minimum atomic E-state index is 0.0716. The fourth-order valence-corrected chi connectivity index (χ4v) is 3.39. The van der Waals surface area contributed by atoms with E-state index >= 15 is 0 Å². The van der Waals surface area contributed by atoms with E-state index in [-0.39, 0.29) is 5.91 Å². The predicted molar refractivity (Wildman–Crippen MR) is 103 cm³/mol. The highest BCUT2D eigenvalue weighted by Gasteiger charge is 2.15. The fraction of sp³-hybridized carbons (Fsp3) is 0.211. The van der Waals surface area contributed by atoms with Crippen molar-refractivity contribution in [2.45, 2.75) is 12.8 Å². The monoisotopic (exact) mass is 366 g/mol. The van der Waals surface area contributed by atoms with Crippen LogP contribution in [0.4, 0.5) is 10.8 Å². The van der Waals surface area contributed by atoms with Crippen molar-refractivity contribution in [3.8, 4) is 17.1 Å². The van der Waals surface area contributed by atoms with E-state index in [0.29, 0.717) is 19.6 Å². The van der Waals surface area contributed by atoms with Gasteiger partial charge in [0, 0.05) is 29.2 Å². The molecule has 6 nitrogen and oxygen atoms in total. The number of carbonyl (C=O) groups is 1. The van der Waals surface area contributed by atoms with Gasteiger partial charge in [-0.1, -0.05) is 30.3 Å². The van der Waals surface area contributed by atoms with Gasteiger partial charge >= 0.3 is 0 Å². The highest BCUT2D eigenvalue weighted by molar-refractivity contribution is 7.09. The van der Waals surface area contributed by atoms with Crippen LogP contribution in [-0.4, -0.2) is 28.4 Å². The van der Waals surface area contributed by atoms with Gasteiger partial charge in [0.2, 0.25) is 11.0 Å². The quantitative estimate of drug-likeness (QED) is 0.652. The van der Waals surface area contributed by atoms with Crippen molar-refractivity contribution < 1.29 is 9.53 Å². The van der Waals surface area contributed by atoms with Crippen molar-refractivity contribution in [2.24, 2.45) is 0 Å². The average molecular weight is 366 g/mol. The number of nitrogens with zero attached hydrogens (tertiary/aromatic N) is 2. The molecule has 3 aromatic rings. The Labute approximate surface area is 155 Å². The van der Waals surface area contributed by atoms with E-state index in [2.05, 4.69) is 20.0 Å². The molecular formula is C19H18N4O2S. The summed E-state index contributed by atoms with van der Waals surface area (Å²) in [5.41, 5.74) is 3.01. The molecule has 2 heterocycles. The SMILES string of the molecule is O=C1CCc2cc(OCCNc3nc(-c4ccccc4)ns3)ccc2N1. The molecule has 0 spiro atoms. The lowest BCUT2D eigenvalue weighted by molar-refractivity contribution is -0.116. The van der Waals surface area contributed by atoms with Crippen molar-refractivity contribution in [3.63, 3.8) is 0 Å². The first kappa shape index (κ1) is 16.5. The maximum Gasteiger partial charge on any atom is 0.224 e. The third kappa shape index (κ3) is 3.83. The van der Waals surface area contributed by atoms with Crippen molar-refractivity contribution >= 4 is 28.3 Å². The topological polar surface area (TPSA) is 76.1 Å². The summed E-state index contributed by atoms with van der Waals surface area (Å²) in [7, 11) is 0. The van der Waals surface area contributed by atoms with E-state index in [9.17, 15) is 4.79 Å². The molecular weight excluding hydrogens is 348 g/mol. The first-order chi connectivity index (χ1) is 12.8. The molecule has 0 saturated heterocycles. The van der Waals surface area contributed by atoms with E-state index in [0.717, 1.165) is 39.9 Å². The number of aryl methyl sites for hydroxylation is 1. The Bertz CT molecular complexity index is 911. The van der Waals surface area contributed by atoms with Crippen LogP contribution < -0.4 is 15.4 Å². The zero-order valence-electron chi connectivity index (χ0n) is 14.1. The second-order valence-corrected chi connectivity index (χ2v) is 6.68. The molecule has 0 fully saturated rings. The van der Waals surface area contributed by atoms with Gasteiger partial charge in [-0.25, -0.2) is 0 Å². The molecule has 1 aliphatic rings. The van der Waals surface area contributed by atoms with E-state index in [1.165, 1.54) is 11.5 Å². The molecule has 0 bridgehead atoms. The molecule has 1 aromatic heterocycles. The molecule has 1 aliphatic heterocycles. The Hall–Kier alpha value is -2.93. The number of hydrogen-bond acceptors (Lipinski definition) is 6. The van der Waals surface area contributed by atoms with Crippen molar-refractivity contribution in [3.05, 3.63) is 54.1 Å². The van der Waals surface area contributed by atoms with Crippen molar-refractivity contribution in [2.75, 3.05) is 23.8 Å². The molecule has 0 saturated carbocycles. The van der Waals surface area contributed by atoms with Gasteiger partial charge in [0.15, 0.2) is 5.82 Å². The van der Waals surface area contributed by atoms with Crippen LogP contribution in [0.25, 0.3) is 11.4 Å². The van der Waals surface area contributed by atoms with E-state index in [1.54, 1.807) is 0 Å². The van der Waals surface area contributed by atoms with Crippen LogP contribution in [0.5, 0.6) is 5.75 Å². The molecule has 132 valence electrons. The lowest BCUT2D eigenvalue weighted by atomic mass is 10.0. The summed E-state index contributed by atoms with van der Waals surface area (Å²) < 4.78 is 10.2. The third-order valence-electron chi connectivity index (χ3n) is 4.08. The Balaban J connectivity index is 1.28. The number of aromatic nitrogens is 2. The number of amides is 1. The standard InChI is InChI=1S/C19H18N4O2S/c24-17-9-6-14-12-15(7-8-16(14)21-17)25-11-10-20-19-22-18(23-26-19)13-4-2-1-3-5-13/h1-5,7-8,12H,6,9-11H2,(H,21,24)(H,20,22,23). The first-order valence-corrected chi connectivity index (χ1v) is 9.24. The minimum absolute atomic E-state index is 0.0716. The lowest BCUT2D eigenvalue weighted by Gasteiger charge is -2.17. The Morgan fingerprint density at radius 2 is 2.04 bits per heavy atom. The highest BCUT2D eigenvalue weighted by atomic mass is 32.1. The molecule has 2 N–H and O–H groups in total. The van der Waals surface area contributed by atoms with Gasteiger partial charge in [0.25, 0.3) is 0 Å². The summed E-state index contributed by atoms with van der Waals surface area (Å²) in [6, 6.07) is 15.7. The first-order valence-electron chi connectivity index (χ1n) is 8.46. The maximum absolute atomic E-state index is 11.4. The zero-order chi connectivity index (χ0) is 17.8. The van der Waals surface area contributed by atoms with Crippen LogP contribution in [0, 0.1) is 0 Å². The molecule has 1 amide bonds. The minimum Gasteiger partial charge on any atom is -0.492 e. The van der Waals surface area contributed by atoms with E-state index in [4.69, 9.17) is 4.74 Å². The van der Waals surface area contributed by atoms with Gasteiger partial charge in [-0.15, -0.1) is 0 Å². The van der Waals surface area contributed by atoms with Crippen LogP contribution >= 0.6 is 11.5 Å². The molecule has 26 heavy (non-hydrogen) atoms. The molecule has 7 heteroatoms. The number of hydrogen-bond donors (Lipinski definition) is 2.